The van der Waals surface area contributed by atoms with Crippen molar-refractivity contribution in [3.63, 3.8) is 0 Å². The summed E-state index contributed by atoms with van der Waals surface area (Å²) in [6.45, 7) is 0. The molecule has 0 heterocycles. The zero-order valence-electron chi connectivity index (χ0n) is 16.4. The minimum Gasteiger partial charge on any atom is -0.478 e. The van der Waals surface area contributed by atoms with Gasteiger partial charge in [0, 0.05) is 6.07 Å². The monoisotopic (exact) mass is 508 g/mol. The fourth-order valence-electron chi connectivity index (χ4n) is 2.54. The molecule has 0 aliphatic rings. The zero-order valence-corrected chi connectivity index (χ0v) is 17.2. The molecule has 3 rings (SSSR count). The molecule has 0 aliphatic carbocycles. The van der Waals surface area contributed by atoms with Crippen LogP contribution in [-0.4, -0.2) is 23.8 Å². The Hall–Kier alpha value is -3.80. The van der Waals surface area contributed by atoms with Gasteiger partial charge < -0.3 is 24.1 Å². The lowest BCUT2D eigenvalue weighted by atomic mass is 10.2. The number of ether oxygens (including phenoxy) is 4. The Labute approximate surface area is 191 Å². The quantitative estimate of drug-likeness (QED) is 0.335. The molecule has 6 nitrogen and oxygen atoms in total. The molecule has 180 valence electrons. The van der Waals surface area contributed by atoms with E-state index >= 15 is 0 Å². The van der Waals surface area contributed by atoms with Gasteiger partial charge in [0.05, 0.1) is 5.02 Å². The van der Waals surface area contributed by atoms with E-state index in [1.54, 1.807) is 0 Å². The standard InChI is InChI=1S/C21H11ClF6O6/c22-16-9-15(19(29)30)17(31-11-1-5-13(6-2-11)33-20(23,24)25)10-18(16)32-12-3-7-14(8-4-12)34-21(26,27)28/h1-10H,(H,29,30). The highest BCUT2D eigenvalue weighted by Crippen LogP contribution is 2.38. The van der Waals surface area contributed by atoms with Gasteiger partial charge in [0.15, 0.2) is 0 Å². The van der Waals surface area contributed by atoms with Crippen molar-refractivity contribution < 1.29 is 55.2 Å². The molecule has 0 radical (unpaired) electrons. The van der Waals surface area contributed by atoms with Crippen LogP contribution in [0.2, 0.25) is 5.02 Å². The lowest BCUT2D eigenvalue weighted by Gasteiger charge is -2.14. The van der Waals surface area contributed by atoms with Crippen molar-refractivity contribution in [1.29, 1.82) is 0 Å². The Kier molecular flexibility index (Phi) is 7.01. The number of carboxylic acid groups (broad SMARTS) is 1. The summed E-state index contributed by atoms with van der Waals surface area (Å²) in [5.41, 5.74) is -0.387. The number of rotatable bonds is 7. The van der Waals surface area contributed by atoms with Crippen LogP contribution in [0.5, 0.6) is 34.5 Å². The maximum atomic E-state index is 12.3. The van der Waals surface area contributed by atoms with E-state index in [1.807, 2.05) is 0 Å². The highest BCUT2D eigenvalue weighted by molar-refractivity contribution is 6.32. The predicted octanol–water partition coefficient (Wildman–Crippen LogP) is 7.42. The van der Waals surface area contributed by atoms with Crippen molar-refractivity contribution in [3.8, 4) is 34.5 Å². The normalized spacial score (nSPS) is 11.6. The first-order valence-electron chi connectivity index (χ1n) is 8.93. The smallest absolute Gasteiger partial charge is 0.478 e. The zero-order chi connectivity index (χ0) is 25.1. The van der Waals surface area contributed by atoms with Gasteiger partial charge in [-0.15, -0.1) is 26.3 Å². The highest BCUT2D eigenvalue weighted by atomic mass is 35.5. The van der Waals surface area contributed by atoms with Gasteiger partial charge >= 0.3 is 18.7 Å². The fraction of sp³-hybridized carbons (Fsp3) is 0.0952. The molecular formula is C21H11ClF6O6. The van der Waals surface area contributed by atoms with E-state index in [-0.39, 0.29) is 33.6 Å². The number of carbonyl (C=O) groups is 1. The molecule has 3 aromatic rings. The first-order chi connectivity index (χ1) is 15.8. The average Bonchev–Trinajstić information content (AvgIpc) is 2.70. The summed E-state index contributed by atoms with van der Waals surface area (Å²) < 4.78 is 92.1. The second kappa shape index (κ2) is 9.59. The molecule has 34 heavy (non-hydrogen) atoms. The van der Waals surface area contributed by atoms with Crippen LogP contribution in [0.15, 0.2) is 60.7 Å². The molecule has 0 spiro atoms. The van der Waals surface area contributed by atoms with E-state index in [4.69, 9.17) is 21.1 Å². The number of hydrogen-bond donors (Lipinski definition) is 1. The first kappa shape index (κ1) is 24.8. The topological polar surface area (TPSA) is 74.2 Å². The van der Waals surface area contributed by atoms with Crippen molar-refractivity contribution in [2.45, 2.75) is 12.7 Å². The maximum absolute atomic E-state index is 12.3. The summed E-state index contributed by atoms with van der Waals surface area (Å²) in [6.07, 6.45) is -9.76. The van der Waals surface area contributed by atoms with Crippen molar-refractivity contribution in [3.05, 3.63) is 71.2 Å². The van der Waals surface area contributed by atoms with E-state index in [1.165, 1.54) is 0 Å². The minimum absolute atomic E-state index is 0.0288. The number of carboxylic acids is 1. The molecule has 13 heteroatoms. The lowest BCUT2D eigenvalue weighted by Crippen LogP contribution is -2.16. The number of benzene rings is 3. The van der Waals surface area contributed by atoms with Crippen LogP contribution < -0.4 is 18.9 Å². The van der Waals surface area contributed by atoms with Gasteiger partial charge in [-0.3, -0.25) is 0 Å². The van der Waals surface area contributed by atoms with Gasteiger partial charge in [0.25, 0.3) is 0 Å². The largest absolute Gasteiger partial charge is 0.573 e. The van der Waals surface area contributed by atoms with Gasteiger partial charge in [-0.05, 0) is 54.6 Å². The Balaban J connectivity index is 1.83. The number of hydrogen-bond acceptors (Lipinski definition) is 5. The van der Waals surface area contributed by atoms with Crippen molar-refractivity contribution in [2.75, 3.05) is 0 Å². The van der Waals surface area contributed by atoms with Gasteiger partial charge in [-0.2, -0.15) is 0 Å². The number of halogens is 7. The van der Waals surface area contributed by atoms with Gasteiger partial charge in [0.1, 0.15) is 40.1 Å². The van der Waals surface area contributed by atoms with Crippen LogP contribution in [0.25, 0.3) is 0 Å². The number of alkyl halides is 6. The van der Waals surface area contributed by atoms with E-state index in [9.17, 15) is 36.2 Å². The summed E-state index contributed by atoms with van der Waals surface area (Å²) in [7, 11) is 0. The van der Waals surface area contributed by atoms with Crippen molar-refractivity contribution in [2.24, 2.45) is 0 Å². The fourth-order valence-corrected chi connectivity index (χ4v) is 2.74. The van der Waals surface area contributed by atoms with E-state index in [0.717, 1.165) is 60.7 Å². The van der Waals surface area contributed by atoms with Gasteiger partial charge in [0.2, 0.25) is 0 Å². The van der Waals surface area contributed by atoms with Gasteiger partial charge in [-0.1, -0.05) is 11.6 Å². The molecule has 0 amide bonds. The molecule has 0 saturated heterocycles. The van der Waals surface area contributed by atoms with Crippen LogP contribution in [0.1, 0.15) is 10.4 Å². The molecule has 0 unspecified atom stereocenters. The van der Waals surface area contributed by atoms with Crippen LogP contribution in [0.3, 0.4) is 0 Å². The summed E-state index contributed by atoms with van der Waals surface area (Å²) >= 11 is 6.06. The Morgan fingerprint density at radius 2 is 1.06 bits per heavy atom. The van der Waals surface area contributed by atoms with Crippen LogP contribution in [0.4, 0.5) is 26.3 Å². The third-order valence-electron chi connectivity index (χ3n) is 3.83. The third-order valence-corrected chi connectivity index (χ3v) is 4.13. The van der Waals surface area contributed by atoms with Gasteiger partial charge in [-0.25, -0.2) is 4.79 Å². The molecule has 0 saturated carbocycles. The highest BCUT2D eigenvalue weighted by Gasteiger charge is 2.31. The Bertz CT molecular complexity index is 1160. The second-order valence-electron chi connectivity index (χ2n) is 6.33. The van der Waals surface area contributed by atoms with E-state index in [0.29, 0.717) is 0 Å². The molecule has 0 fully saturated rings. The molecule has 0 bridgehead atoms. The minimum atomic E-state index is -4.89. The predicted molar refractivity (Wildman–Crippen MR) is 105 cm³/mol. The third kappa shape index (κ3) is 7.10. The summed E-state index contributed by atoms with van der Waals surface area (Å²) in [5, 5.41) is 9.26. The second-order valence-corrected chi connectivity index (χ2v) is 6.73. The molecular weight excluding hydrogens is 498 g/mol. The van der Waals surface area contributed by atoms with Crippen LogP contribution >= 0.6 is 11.6 Å². The molecule has 0 aromatic heterocycles. The first-order valence-corrected chi connectivity index (χ1v) is 9.31. The molecule has 0 atom stereocenters. The van der Waals surface area contributed by atoms with Crippen molar-refractivity contribution >= 4 is 17.6 Å². The van der Waals surface area contributed by atoms with Crippen LogP contribution in [0, 0.1) is 0 Å². The number of aromatic carboxylic acids is 1. The summed E-state index contributed by atoms with van der Waals surface area (Å²) in [5.74, 6) is -2.80. The van der Waals surface area contributed by atoms with Crippen molar-refractivity contribution in [1.82, 2.24) is 0 Å². The lowest BCUT2D eigenvalue weighted by molar-refractivity contribution is -0.275. The van der Waals surface area contributed by atoms with Crippen LogP contribution in [-0.2, 0) is 0 Å². The van der Waals surface area contributed by atoms with E-state index in [2.05, 4.69) is 9.47 Å². The Morgan fingerprint density at radius 1 is 0.676 bits per heavy atom. The molecule has 0 aliphatic heterocycles. The summed E-state index contributed by atoms with van der Waals surface area (Å²) in [4.78, 5) is 11.6. The average molecular weight is 509 g/mol. The molecule has 3 aromatic carbocycles. The maximum Gasteiger partial charge on any atom is 0.573 e. The summed E-state index contributed by atoms with van der Waals surface area (Å²) in [6, 6.07) is 10.5. The SMILES string of the molecule is O=C(O)c1cc(Cl)c(Oc2ccc(OC(F)(F)F)cc2)cc1Oc1ccc(OC(F)(F)F)cc1. The molecule has 1 N–H and O–H groups in total. The van der Waals surface area contributed by atoms with E-state index < -0.39 is 30.2 Å². The Morgan fingerprint density at radius 3 is 1.44 bits per heavy atom.